The summed E-state index contributed by atoms with van der Waals surface area (Å²) in [5.41, 5.74) is 0. The molecule has 0 aromatic rings. The highest BCUT2D eigenvalue weighted by atomic mass is 31.2. The van der Waals surface area contributed by atoms with Crippen LogP contribution in [0.15, 0.2) is 36.5 Å². The molecule has 0 aliphatic heterocycles. The van der Waals surface area contributed by atoms with Crippen LogP contribution in [0, 0.1) is 0 Å². The van der Waals surface area contributed by atoms with Crippen LogP contribution in [0.3, 0.4) is 0 Å². The third kappa shape index (κ3) is 40.2. The van der Waals surface area contributed by atoms with E-state index in [4.69, 9.17) is 19.1 Å². The van der Waals surface area contributed by atoms with Gasteiger partial charge in [-0.15, -0.1) is 0 Å². The number of hydrogen-bond acceptors (Lipinski definition) is 9. The Morgan fingerprint density at radius 2 is 0.945 bits per heavy atom. The number of aliphatic hydroxyl groups is 2. The smallest absolute Gasteiger partial charge is 0.462 e. The summed E-state index contributed by atoms with van der Waals surface area (Å²) in [7, 11) is -4.62. The Morgan fingerprint density at radius 1 is 0.545 bits per heavy atom. The van der Waals surface area contributed by atoms with E-state index in [0.717, 1.165) is 57.8 Å². The molecule has 322 valence electrons. The molecule has 3 N–H and O–H groups in total. The number of rotatable bonds is 41. The van der Waals surface area contributed by atoms with Crippen LogP contribution in [0.25, 0.3) is 0 Å². The minimum absolute atomic E-state index is 0.182. The molecule has 0 bridgehead atoms. The van der Waals surface area contributed by atoms with Gasteiger partial charge in [0.05, 0.1) is 19.8 Å². The van der Waals surface area contributed by atoms with Crippen molar-refractivity contribution in [2.45, 2.75) is 206 Å². The molecule has 0 aromatic carbocycles. The van der Waals surface area contributed by atoms with E-state index in [-0.39, 0.29) is 19.4 Å². The molecule has 0 amide bonds. The molecule has 0 saturated heterocycles. The van der Waals surface area contributed by atoms with Gasteiger partial charge in [0.25, 0.3) is 0 Å². The second kappa shape index (κ2) is 40.4. The van der Waals surface area contributed by atoms with E-state index in [1.165, 1.54) is 96.3 Å². The van der Waals surface area contributed by atoms with E-state index < -0.39 is 51.8 Å². The van der Waals surface area contributed by atoms with Crippen LogP contribution < -0.4 is 0 Å². The van der Waals surface area contributed by atoms with Gasteiger partial charge in [-0.25, -0.2) is 4.57 Å². The lowest BCUT2D eigenvalue weighted by Crippen LogP contribution is -2.29. The molecule has 0 radical (unpaired) electrons. The van der Waals surface area contributed by atoms with Gasteiger partial charge in [0.15, 0.2) is 6.10 Å². The Bertz CT molecular complexity index is 1010. The van der Waals surface area contributed by atoms with E-state index in [0.29, 0.717) is 12.8 Å². The molecule has 0 aliphatic rings. The highest BCUT2D eigenvalue weighted by molar-refractivity contribution is 7.47. The van der Waals surface area contributed by atoms with Crippen LogP contribution in [0.4, 0.5) is 0 Å². The van der Waals surface area contributed by atoms with Gasteiger partial charge < -0.3 is 24.6 Å². The zero-order valence-electron chi connectivity index (χ0n) is 34.9. The number of phosphoric acid groups is 1. The fourth-order valence-electron chi connectivity index (χ4n) is 5.88. The van der Waals surface area contributed by atoms with E-state index in [9.17, 15) is 24.2 Å². The summed E-state index contributed by atoms with van der Waals surface area (Å²) in [6.07, 6.45) is 41.0. The molecule has 0 aliphatic carbocycles. The first-order valence-corrected chi connectivity index (χ1v) is 23.4. The summed E-state index contributed by atoms with van der Waals surface area (Å²) in [5, 5.41) is 18.3. The SMILES string of the molecule is CCCCC/C=C\C/C=C\C/C=C\CCCCCCC(=O)OC[C@H](COP(=O)(O)OC[C@@H](O)CO)OC(=O)CCCCCCCCCCCCCCCCC. The molecule has 1 unspecified atom stereocenters. The van der Waals surface area contributed by atoms with Crippen LogP contribution in [0.1, 0.15) is 194 Å². The quantitative estimate of drug-likeness (QED) is 0.0236. The molecule has 0 aromatic heterocycles. The second-order valence-corrected chi connectivity index (χ2v) is 16.2. The first kappa shape index (κ1) is 53.2. The van der Waals surface area contributed by atoms with Gasteiger partial charge in [0.2, 0.25) is 0 Å². The Morgan fingerprint density at radius 3 is 1.45 bits per heavy atom. The molecule has 0 spiro atoms. The monoisotopic (exact) mass is 801 g/mol. The third-order valence-corrected chi connectivity index (χ3v) is 10.2. The van der Waals surface area contributed by atoms with E-state index >= 15 is 0 Å². The van der Waals surface area contributed by atoms with Crippen LogP contribution in [-0.2, 0) is 32.7 Å². The lowest BCUT2D eigenvalue weighted by atomic mass is 10.0. The number of carbonyl (C=O) groups is 2. The maximum atomic E-state index is 12.6. The third-order valence-electron chi connectivity index (χ3n) is 9.30. The fraction of sp³-hybridized carbons (Fsp3) is 0.818. The highest BCUT2D eigenvalue weighted by Crippen LogP contribution is 2.43. The number of esters is 2. The number of aliphatic hydroxyl groups excluding tert-OH is 2. The van der Waals surface area contributed by atoms with Crippen molar-refractivity contribution in [2.24, 2.45) is 0 Å². The van der Waals surface area contributed by atoms with Gasteiger partial charge in [-0.05, 0) is 51.4 Å². The second-order valence-electron chi connectivity index (χ2n) is 14.7. The molecule has 10 nitrogen and oxygen atoms in total. The molecule has 0 fully saturated rings. The van der Waals surface area contributed by atoms with E-state index in [1.54, 1.807) is 0 Å². The summed E-state index contributed by atoms with van der Waals surface area (Å²) < 4.78 is 32.7. The molecule has 0 rings (SSSR count). The van der Waals surface area contributed by atoms with Gasteiger partial charge in [-0.1, -0.05) is 166 Å². The van der Waals surface area contributed by atoms with Crippen molar-refractivity contribution in [2.75, 3.05) is 26.4 Å². The first-order chi connectivity index (χ1) is 26.7. The summed E-state index contributed by atoms with van der Waals surface area (Å²) in [6.45, 7) is 2.34. The van der Waals surface area contributed by atoms with Crippen molar-refractivity contribution >= 4 is 19.8 Å². The van der Waals surface area contributed by atoms with Crippen molar-refractivity contribution in [3.8, 4) is 0 Å². The molecule has 0 heterocycles. The topological polar surface area (TPSA) is 149 Å². The molecular formula is C44H81O10P. The highest BCUT2D eigenvalue weighted by Gasteiger charge is 2.27. The summed E-state index contributed by atoms with van der Waals surface area (Å²) in [4.78, 5) is 35.0. The van der Waals surface area contributed by atoms with Crippen molar-refractivity contribution in [1.29, 1.82) is 0 Å². The summed E-state index contributed by atoms with van der Waals surface area (Å²) in [6, 6.07) is 0. The van der Waals surface area contributed by atoms with Crippen LogP contribution in [0.2, 0.25) is 0 Å². The summed E-state index contributed by atoms with van der Waals surface area (Å²) >= 11 is 0. The standard InChI is InChI=1S/C44H81O10P/c1-3-5-7-9-11-13-15-17-19-20-22-23-25-27-29-31-33-35-43(47)51-39-42(40-53-55(49,50)52-38-41(46)37-45)54-44(48)36-34-32-30-28-26-24-21-18-16-14-12-10-8-6-4-2/h11,13,17,19,22-23,41-42,45-46H,3-10,12,14-16,18,20-21,24-40H2,1-2H3,(H,49,50)/b13-11-,19-17-,23-22-/t41-,42+/m0/s1. The maximum absolute atomic E-state index is 12.6. The van der Waals surface area contributed by atoms with Gasteiger partial charge >= 0.3 is 19.8 Å². The Hall–Kier alpha value is -1.81. The molecule has 11 heteroatoms. The number of unbranched alkanes of at least 4 members (excludes halogenated alkanes) is 21. The molecule has 0 saturated carbocycles. The lowest BCUT2D eigenvalue weighted by Gasteiger charge is -2.20. The Labute approximate surface area is 335 Å². The van der Waals surface area contributed by atoms with Crippen LogP contribution in [0.5, 0.6) is 0 Å². The molecular weight excluding hydrogens is 719 g/mol. The average molecular weight is 801 g/mol. The number of hydrogen-bond donors (Lipinski definition) is 3. The zero-order valence-corrected chi connectivity index (χ0v) is 35.8. The molecule has 3 atom stereocenters. The number of phosphoric ester groups is 1. The van der Waals surface area contributed by atoms with E-state index in [2.05, 4.69) is 54.8 Å². The van der Waals surface area contributed by atoms with Crippen molar-refractivity contribution in [3.05, 3.63) is 36.5 Å². The first-order valence-electron chi connectivity index (χ1n) is 21.9. The Kier molecular flexibility index (Phi) is 39.1. The van der Waals surface area contributed by atoms with Gasteiger partial charge in [-0.2, -0.15) is 0 Å². The normalized spacial score (nSPS) is 14.2. The van der Waals surface area contributed by atoms with Crippen molar-refractivity contribution < 1.29 is 47.8 Å². The zero-order chi connectivity index (χ0) is 40.5. The largest absolute Gasteiger partial charge is 0.472 e. The number of allylic oxidation sites excluding steroid dienone is 6. The minimum atomic E-state index is -4.62. The van der Waals surface area contributed by atoms with Gasteiger partial charge in [-0.3, -0.25) is 18.6 Å². The number of ether oxygens (including phenoxy) is 2. The lowest BCUT2D eigenvalue weighted by molar-refractivity contribution is -0.161. The average Bonchev–Trinajstić information content (AvgIpc) is 3.17. The number of carbonyl (C=O) groups excluding carboxylic acids is 2. The molecule has 55 heavy (non-hydrogen) atoms. The van der Waals surface area contributed by atoms with Gasteiger partial charge in [0.1, 0.15) is 12.7 Å². The fourth-order valence-corrected chi connectivity index (χ4v) is 6.67. The Balaban J connectivity index is 4.32. The van der Waals surface area contributed by atoms with Gasteiger partial charge in [0, 0.05) is 12.8 Å². The van der Waals surface area contributed by atoms with E-state index in [1.807, 2.05) is 0 Å². The van der Waals surface area contributed by atoms with Crippen molar-refractivity contribution in [1.82, 2.24) is 0 Å². The van der Waals surface area contributed by atoms with Crippen molar-refractivity contribution in [3.63, 3.8) is 0 Å². The van der Waals surface area contributed by atoms with Crippen LogP contribution >= 0.6 is 7.82 Å². The van der Waals surface area contributed by atoms with Crippen LogP contribution in [-0.4, -0.2) is 65.7 Å². The summed E-state index contributed by atoms with van der Waals surface area (Å²) in [5.74, 6) is -0.945. The minimum Gasteiger partial charge on any atom is -0.462 e. The predicted molar refractivity (Wildman–Crippen MR) is 224 cm³/mol. The predicted octanol–water partition coefficient (Wildman–Crippen LogP) is 11.6. The maximum Gasteiger partial charge on any atom is 0.472 e.